The van der Waals surface area contributed by atoms with Crippen LogP contribution < -0.4 is 5.32 Å². The molecule has 3 rings (SSSR count). The van der Waals surface area contributed by atoms with Crippen LogP contribution in [0.1, 0.15) is 47.3 Å². The Morgan fingerprint density at radius 1 is 1.29 bits per heavy atom. The third-order valence-electron chi connectivity index (χ3n) is 3.81. The summed E-state index contributed by atoms with van der Waals surface area (Å²) >= 11 is 0. The molecule has 2 aromatic heterocycles. The van der Waals surface area contributed by atoms with E-state index in [2.05, 4.69) is 28.7 Å². The van der Waals surface area contributed by atoms with Gasteiger partial charge in [0.1, 0.15) is 11.6 Å². The lowest BCUT2D eigenvalue weighted by Crippen LogP contribution is -2.22. The van der Waals surface area contributed by atoms with E-state index in [1.165, 1.54) is 0 Å². The van der Waals surface area contributed by atoms with E-state index in [9.17, 15) is 4.79 Å². The Balaban J connectivity index is 1.69. The lowest BCUT2D eigenvalue weighted by Gasteiger charge is -2.11. The van der Waals surface area contributed by atoms with Gasteiger partial charge in [-0.25, -0.2) is 4.98 Å². The molecule has 0 aliphatic carbocycles. The number of nitrogens with zero attached hydrogens (tertiary/aromatic N) is 2. The molecule has 0 saturated carbocycles. The molecule has 0 saturated heterocycles. The van der Waals surface area contributed by atoms with Crippen LogP contribution in [0.3, 0.4) is 0 Å². The van der Waals surface area contributed by atoms with E-state index in [-0.39, 0.29) is 5.91 Å². The van der Waals surface area contributed by atoms with Crippen LogP contribution in [-0.2, 0) is 13.1 Å². The van der Waals surface area contributed by atoms with Crippen LogP contribution in [0.15, 0.2) is 59.5 Å². The second kappa shape index (κ2) is 7.17. The van der Waals surface area contributed by atoms with Crippen molar-refractivity contribution in [2.45, 2.75) is 32.9 Å². The molecule has 0 radical (unpaired) electrons. The van der Waals surface area contributed by atoms with Gasteiger partial charge in [0.05, 0.1) is 12.8 Å². The summed E-state index contributed by atoms with van der Waals surface area (Å²) in [5.41, 5.74) is 1.71. The first kappa shape index (κ1) is 16.1. The van der Waals surface area contributed by atoms with E-state index < -0.39 is 0 Å². The molecule has 0 bridgehead atoms. The third-order valence-corrected chi connectivity index (χ3v) is 3.81. The maximum absolute atomic E-state index is 12.3. The Bertz CT molecular complexity index is 804. The van der Waals surface area contributed by atoms with Crippen LogP contribution in [0, 0.1) is 0 Å². The first-order chi connectivity index (χ1) is 11.6. The zero-order valence-electron chi connectivity index (χ0n) is 13.9. The number of carbonyl (C=O) groups excluding carboxylic acids is 1. The maximum atomic E-state index is 12.3. The Morgan fingerprint density at radius 2 is 2.17 bits per heavy atom. The molecule has 0 atom stereocenters. The number of benzene rings is 1. The molecular formula is C19H21N3O2. The van der Waals surface area contributed by atoms with Gasteiger partial charge in [0.25, 0.3) is 5.91 Å². The lowest BCUT2D eigenvalue weighted by atomic mass is 10.1. The molecule has 124 valence electrons. The van der Waals surface area contributed by atoms with Gasteiger partial charge in [0.2, 0.25) is 0 Å². The highest BCUT2D eigenvalue weighted by atomic mass is 16.3. The van der Waals surface area contributed by atoms with Crippen LogP contribution >= 0.6 is 0 Å². The highest BCUT2D eigenvalue weighted by Gasteiger charge is 2.10. The number of hydrogen-bond acceptors (Lipinski definition) is 3. The Labute approximate surface area is 141 Å². The maximum Gasteiger partial charge on any atom is 0.251 e. The van der Waals surface area contributed by atoms with Crippen molar-refractivity contribution >= 4 is 5.91 Å². The van der Waals surface area contributed by atoms with Crippen LogP contribution in [0.4, 0.5) is 0 Å². The van der Waals surface area contributed by atoms with Crippen LogP contribution in [0.2, 0.25) is 0 Å². The number of amides is 1. The third kappa shape index (κ3) is 3.74. The molecule has 0 fully saturated rings. The largest absolute Gasteiger partial charge is 0.467 e. The van der Waals surface area contributed by atoms with Gasteiger partial charge >= 0.3 is 0 Å². The van der Waals surface area contributed by atoms with Crippen LogP contribution in [0.25, 0.3) is 0 Å². The van der Waals surface area contributed by atoms with Crippen LogP contribution in [0.5, 0.6) is 0 Å². The molecule has 1 N–H and O–H groups in total. The highest BCUT2D eigenvalue weighted by molar-refractivity contribution is 5.94. The molecule has 1 amide bonds. The lowest BCUT2D eigenvalue weighted by molar-refractivity contribution is 0.0948. The number of hydrogen-bond donors (Lipinski definition) is 1. The molecule has 1 aromatic carbocycles. The topological polar surface area (TPSA) is 60.1 Å². The van der Waals surface area contributed by atoms with Gasteiger partial charge in [-0.1, -0.05) is 26.0 Å². The minimum Gasteiger partial charge on any atom is -0.467 e. The normalized spacial score (nSPS) is 11.0. The van der Waals surface area contributed by atoms with Gasteiger partial charge in [0.15, 0.2) is 0 Å². The summed E-state index contributed by atoms with van der Waals surface area (Å²) in [6.07, 6.45) is 5.38. The molecule has 0 aliphatic heterocycles. The molecule has 5 nitrogen and oxygen atoms in total. The van der Waals surface area contributed by atoms with Gasteiger partial charge in [-0.05, 0) is 29.8 Å². The second-order valence-electron chi connectivity index (χ2n) is 6.03. The Kier molecular flexibility index (Phi) is 4.79. The van der Waals surface area contributed by atoms with Gasteiger partial charge in [-0.3, -0.25) is 4.79 Å². The van der Waals surface area contributed by atoms with Gasteiger partial charge in [0, 0.05) is 30.4 Å². The smallest absolute Gasteiger partial charge is 0.251 e. The summed E-state index contributed by atoms with van der Waals surface area (Å²) in [6, 6.07) is 11.3. The average molecular weight is 323 g/mol. The van der Waals surface area contributed by atoms with E-state index >= 15 is 0 Å². The molecule has 2 heterocycles. The van der Waals surface area contributed by atoms with Crippen molar-refractivity contribution in [3.05, 3.63) is 77.8 Å². The summed E-state index contributed by atoms with van der Waals surface area (Å²) in [5, 5.41) is 2.87. The summed E-state index contributed by atoms with van der Waals surface area (Å²) in [6.45, 7) is 5.33. The van der Waals surface area contributed by atoms with Crippen molar-refractivity contribution in [1.29, 1.82) is 0 Å². The first-order valence-electron chi connectivity index (χ1n) is 8.04. The van der Waals surface area contributed by atoms with Crippen molar-refractivity contribution < 1.29 is 9.21 Å². The minimum absolute atomic E-state index is 0.108. The molecule has 24 heavy (non-hydrogen) atoms. The Hall–Kier alpha value is -2.82. The number of imidazole rings is 1. The predicted octanol–water partition coefficient (Wildman–Crippen LogP) is 3.58. The number of rotatable bonds is 6. The molecule has 0 unspecified atom stereocenters. The number of aromatic nitrogens is 2. The standard InChI is InChI=1S/C19H21N3O2/c1-14(2)18-20-8-9-22(18)13-15-5-3-6-16(11-15)19(23)21-12-17-7-4-10-24-17/h3-11,14H,12-13H2,1-2H3,(H,21,23). The molecule has 3 aromatic rings. The summed E-state index contributed by atoms with van der Waals surface area (Å²) in [7, 11) is 0. The van der Waals surface area contributed by atoms with Crippen molar-refractivity contribution in [2.24, 2.45) is 0 Å². The SMILES string of the molecule is CC(C)c1nccn1Cc1cccc(C(=O)NCc2ccco2)c1. The Morgan fingerprint density at radius 3 is 2.92 bits per heavy atom. The predicted molar refractivity (Wildman–Crippen MR) is 91.7 cm³/mol. The van der Waals surface area contributed by atoms with E-state index in [0.717, 1.165) is 17.1 Å². The molecule has 0 aliphatic rings. The van der Waals surface area contributed by atoms with E-state index in [0.29, 0.717) is 24.6 Å². The van der Waals surface area contributed by atoms with Crippen molar-refractivity contribution in [3.63, 3.8) is 0 Å². The number of furan rings is 1. The minimum atomic E-state index is -0.108. The summed E-state index contributed by atoms with van der Waals surface area (Å²) in [5.74, 6) is 2.03. The highest BCUT2D eigenvalue weighted by Crippen LogP contribution is 2.15. The van der Waals surface area contributed by atoms with Gasteiger partial charge in [-0.2, -0.15) is 0 Å². The first-order valence-corrected chi connectivity index (χ1v) is 8.04. The zero-order chi connectivity index (χ0) is 16.9. The van der Waals surface area contributed by atoms with Crippen LogP contribution in [-0.4, -0.2) is 15.5 Å². The zero-order valence-corrected chi connectivity index (χ0v) is 13.9. The number of carbonyl (C=O) groups is 1. The molecule has 0 spiro atoms. The van der Waals surface area contributed by atoms with Crippen molar-refractivity contribution in [3.8, 4) is 0 Å². The summed E-state index contributed by atoms with van der Waals surface area (Å²) in [4.78, 5) is 16.7. The fourth-order valence-corrected chi connectivity index (χ4v) is 2.65. The molecule has 5 heteroatoms. The molecular weight excluding hydrogens is 302 g/mol. The second-order valence-corrected chi connectivity index (χ2v) is 6.03. The average Bonchev–Trinajstić information content (AvgIpc) is 3.24. The van der Waals surface area contributed by atoms with E-state index in [4.69, 9.17) is 4.42 Å². The fourth-order valence-electron chi connectivity index (χ4n) is 2.65. The van der Waals surface area contributed by atoms with E-state index in [1.807, 2.05) is 42.7 Å². The van der Waals surface area contributed by atoms with Gasteiger partial charge in [-0.15, -0.1) is 0 Å². The van der Waals surface area contributed by atoms with Crippen molar-refractivity contribution in [2.75, 3.05) is 0 Å². The van der Waals surface area contributed by atoms with Crippen molar-refractivity contribution in [1.82, 2.24) is 14.9 Å². The monoisotopic (exact) mass is 323 g/mol. The number of nitrogens with one attached hydrogen (secondary N) is 1. The summed E-state index contributed by atoms with van der Waals surface area (Å²) < 4.78 is 7.34. The van der Waals surface area contributed by atoms with Gasteiger partial charge < -0.3 is 14.3 Å². The quantitative estimate of drug-likeness (QED) is 0.754. The van der Waals surface area contributed by atoms with E-state index in [1.54, 1.807) is 12.3 Å². The fraction of sp³-hybridized carbons (Fsp3) is 0.263.